The van der Waals surface area contributed by atoms with Gasteiger partial charge in [0.2, 0.25) is 0 Å². The number of urea groups is 1. The van der Waals surface area contributed by atoms with Gasteiger partial charge >= 0.3 is 11.7 Å². The van der Waals surface area contributed by atoms with Crippen LogP contribution in [-0.4, -0.2) is 11.2 Å². The molecule has 0 saturated carbocycles. The fourth-order valence-electron chi connectivity index (χ4n) is 2.75. The zero-order valence-corrected chi connectivity index (χ0v) is 15.0. The van der Waals surface area contributed by atoms with Crippen LogP contribution in [-0.2, 0) is 13.0 Å². The van der Waals surface area contributed by atoms with Crippen LogP contribution in [0.4, 0.5) is 10.5 Å². The number of amides is 2. The first-order valence-corrected chi connectivity index (χ1v) is 8.50. The van der Waals surface area contributed by atoms with Crippen molar-refractivity contribution in [2.45, 2.75) is 40.2 Å². The molecule has 3 rings (SSSR count). The van der Waals surface area contributed by atoms with E-state index in [1.807, 2.05) is 19.9 Å². The maximum absolute atomic E-state index is 12.2. The van der Waals surface area contributed by atoms with Gasteiger partial charge in [0.1, 0.15) is 5.58 Å². The van der Waals surface area contributed by atoms with Gasteiger partial charge < -0.3 is 19.6 Å². The molecule has 0 radical (unpaired) electrons. The number of hydrogen-bond donors (Lipinski definition) is 2. The zero-order chi connectivity index (χ0) is 18.7. The Hall–Kier alpha value is -3.09. The molecule has 2 aromatic heterocycles. The molecule has 7 heteroatoms. The van der Waals surface area contributed by atoms with Crippen molar-refractivity contribution in [3.05, 3.63) is 57.3 Å². The molecular formula is C19H21N3O4. The number of aromatic nitrogens is 1. The third-order valence-corrected chi connectivity index (χ3v) is 4.08. The molecule has 2 N–H and O–H groups in total. The molecule has 0 aliphatic carbocycles. The van der Waals surface area contributed by atoms with Gasteiger partial charge in [-0.15, -0.1) is 0 Å². The van der Waals surface area contributed by atoms with Gasteiger partial charge in [-0.05, 0) is 43.5 Å². The Morgan fingerprint density at radius 2 is 1.96 bits per heavy atom. The molecule has 136 valence electrons. The van der Waals surface area contributed by atoms with Crippen molar-refractivity contribution in [2.24, 2.45) is 0 Å². The molecule has 0 unspecified atom stereocenters. The number of rotatable bonds is 5. The average Bonchev–Trinajstić information content (AvgIpc) is 3.02. The number of nitrogens with one attached hydrogen (secondary N) is 2. The average molecular weight is 355 g/mol. The SMILES string of the molecule is CCCc1cc(CNC(=O)Nc2cc3c(C)cc(=O)oc3cc2C)on1. The number of benzene rings is 1. The fraction of sp³-hybridized carbons (Fsp3) is 0.316. The van der Waals surface area contributed by atoms with E-state index < -0.39 is 0 Å². The minimum absolute atomic E-state index is 0.253. The minimum atomic E-state index is -0.387. The van der Waals surface area contributed by atoms with Crippen molar-refractivity contribution >= 4 is 22.7 Å². The Bertz CT molecular complexity index is 1000. The third-order valence-electron chi connectivity index (χ3n) is 4.08. The summed E-state index contributed by atoms with van der Waals surface area (Å²) in [6.07, 6.45) is 1.84. The van der Waals surface area contributed by atoms with Crippen LogP contribution >= 0.6 is 0 Å². The summed E-state index contributed by atoms with van der Waals surface area (Å²) in [6, 6.07) is 6.47. The summed E-state index contributed by atoms with van der Waals surface area (Å²) in [4.78, 5) is 23.7. The summed E-state index contributed by atoms with van der Waals surface area (Å²) in [7, 11) is 0. The molecule has 1 aromatic carbocycles. The summed E-state index contributed by atoms with van der Waals surface area (Å²) >= 11 is 0. The second kappa shape index (κ2) is 7.43. The van der Waals surface area contributed by atoms with E-state index in [1.54, 1.807) is 12.1 Å². The van der Waals surface area contributed by atoms with E-state index in [1.165, 1.54) is 6.07 Å². The molecule has 0 spiro atoms. The van der Waals surface area contributed by atoms with Crippen LogP contribution in [0, 0.1) is 13.8 Å². The van der Waals surface area contributed by atoms with E-state index in [4.69, 9.17) is 8.94 Å². The van der Waals surface area contributed by atoms with Crippen LogP contribution in [0.3, 0.4) is 0 Å². The lowest BCUT2D eigenvalue weighted by Gasteiger charge is -2.11. The number of anilines is 1. The van der Waals surface area contributed by atoms with Gasteiger partial charge in [-0.1, -0.05) is 18.5 Å². The molecule has 0 aliphatic rings. The van der Waals surface area contributed by atoms with Crippen LogP contribution in [0.2, 0.25) is 0 Å². The highest BCUT2D eigenvalue weighted by molar-refractivity contribution is 5.94. The lowest BCUT2D eigenvalue weighted by atomic mass is 10.1. The highest BCUT2D eigenvalue weighted by atomic mass is 16.5. The maximum atomic E-state index is 12.2. The van der Waals surface area contributed by atoms with Crippen LogP contribution in [0.1, 0.15) is 35.9 Å². The number of carbonyl (C=O) groups excluding carboxylic acids is 1. The highest BCUT2D eigenvalue weighted by Gasteiger charge is 2.10. The molecule has 26 heavy (non-hydrogen) atoms. The van der Waals surface area contributed by atoms with Crippen molar-refractivity contribution in [3.63, 3.8) is 0 Å². The number of carbonyl (C=O) groups is 1. The van der Waals surface area contributed by atoms with E-state index >= 15 is 0 Å². The largest absolute Gasteiger partial charge is 0.423 e. The quantitative estimate of drug-likeness (QED) is 0.681. The van der Waals surface area contributed by atoms with E-state index in [2.05, 4.69) is 22.7 Å². The second-order valence-electron chi connectivity index (χ2n) is 6.25. The molecule has 0 fully saturated rings. The van der Waals surface area contributed by atoms with Gasteiger partial charge in [0.25, 0.3) is 0 Å². The Morgan fingerprint density at radius 3 is 2.73 bits per heavy atom. The van der Waals surface area contributed by atoms with Gasteiger partial charge in [-0.3, -0.25) is 0 Å². The molecule has 3 aromatic rings. The standard InChI is InChI=1S/C19H21N3O4/c1-4-5-13-8-14(26-22-13)10-20-19(24)21-16-9-15-11(2)7-18(23)25-17(15)6-12(16)3/h6-9H,4-5,10H2,1-3H3,(H2,20,21,24). The first kappa shape index (κ1) is 17.7. The first-order chi connectivity index (χ1) is 12.5. The van der Waals surface area contributed by atoms with Gasteiger partial charge in [-0.25, -0.2) is 9.59 Å². The van der Waals surface area contributed by atoms with E-state index in [0.717, 1.165) is 35.0 Å². The van der Waals surface area contributed by atoms with E-state index in [9.17, 15) is 9.59 Å². The summed E-state index contributed by atoms with van der Waals surface area (Å²) in [5.41, 5.74) is 3.24. The number of hydrogen-bond acceptors (Lipinski definition) is 5. The molecular weight excluding hydrogens is 334 g/mol. The Morgan fingerprint density at radius 1 is 1.15 bits per heavy atom. The summed E-state index contributed by atoms with van der Waals surface area (Å²) in [6.45, 7) is 5.99. The lowest BCUT2D eigenvalue weighted by Crippen LogP contribution is -2.28. The summed E-state index contributed by atoms with van der Waals surface area (Å²) in [5.74, 6) is 0.608. The predicted octanol–water partition coefficient (Wildman–Crippen LogP) is 3.67. The van der Waals surface area contributed by atoms with Gasteiger partial charge in [0, 0.05) is 23.2 Å². The summed E-state index contributed by atoms with van der Waals surface area (Å²) < 4.78 is 10.4. The van der Waals surface area contributed by atoms with Gasteiger partial charge in [0.15, 0.2) is 5.76 Å². The fourth-order valence-corrected chi connectivity index (χ4v) is 2.75. The smallest absolute Gasteiger partial charge is 0.336 e. The van der Waals surface area contributed by atoms with Crippen LogP contribution in [0.25, 0.3) is 11.0 Å². The monoisotopic (exact) mass is 355 g/mol. The van der Waals surface area contributed by atoms with Crippen LogP contribution in [0.15, 0.2) is 38.0 Å². The van der Waals surface area contributed by atoms with Crippen LogP contribution < -0.4 is 16.3 Å². The molecule has 0 atom stereocenters. The Labute approximate surface area is 150 Å². The van der Waals surface area contributed by atoms with Crippen molar-refractivity contribution in [1.82, 2.24) is 10.5 Å². The molecule has 0 bridgehead atoms. The maximum Gasteiger partial charge on any atom is 0.336 e. The Kier molecular flexibility index (Phi) is 5.06. The lowest BCUT2D eigenvalue weighted by molar-refractivity contribution is 0.250. The molecule has 0 aliphatic heterocycles. The van der Waals surface area contributed by atoms with Crippen molar-refractivity contribution in [1.29, 1.82) is 0 Å². The highest BCUT2D eigenvalue weighted by Crippen LogP contribution is 2.25. The zero-order valence-electron chi connectivity index (χ0n) is 15.0. The first-order valence-electron chi connectivity index (χ1n) is 8.50. The molecule has 7 nitrogen and oxygen atoms in total. The number of aryl methyl sites for hydroxylation is 3. The van der Waals surface area contributed by atoms with Crippen molar-refractivity contribution in [2.75, 3.05) is 5.32 Å². The minimum Gasteiger partial charge on any atom is -0.423 e. The molecule has 0 saturated heterocycles. The molecule has 2 amide bonds. The van der Waals surface area contributed by atoms with Gasteiger partial charge in [0.05, 0.1) is 12.2 Å². The number of fused-ring (bicyclic) bond motifs is 1. The van der Waals surface area contributed by atoms with Gasteiger partial charge in [-0.2, -0.15) is 0 Å². The van der Waals surface area contributed by atoms with Crippen LogP contribution in [0.5, 0.6) is 0 Å². The molecule has 2 heterocycles. The predicted molar refractivity (Wildman–Crippen MR) is 98.3 cm³/mol. The topological polar surface area (TPSA) is 97.4 Å². The second-order valence-corrected chi connectivity index (χ2v) is 6.25. The Balaban J connectivity index is 1.70. The van der Waals surface area contributed by atoms with Crippen molar-refractivity contribution < 1.29 is 13.7 Å². The number of nitrogens with zero attached hydrogens (tertiary/aromatic N) is 1. The van der Waals surface area contributed by atoms with E-state index in [-0.39, 0.29) is 18.2 Å². The summed E-state index contributed by atoms with van der Waals surface area (Å²) in [5, 5.41) is 10.3. The third kappa shape index (κ3) is 3.93. The van der Waals surface area contributed by atoms with Crippen molar-refractivity contribution in [3.8, 4) is 0 Å². The van der Waals surface area contributed by atoms with E-state index in [0.29, 0.717) is 17.0 Å². The normalized spacial score (nSPS) is 10.9.